The predicted molar refractivity (Wildman–Crippen MR) is 55.0 cm³/mol. The van der Waals surface area contributed by atoms with Crippen LogP contribution in [0.2, 0.25) is 0 Å². The topological polar surface area (TPSA) is 87.0 Å². The molecule has 0 radical (unpaired) electrons. The quantitative estimate of drug-likeness (QED) is 0.774. The van der Waals surface area contributed by atoms with Crippen molar-refractivity contribution in [2.45, 2.75) is 6.10 Å². The average molecular weight is 277 g/mol. The highest BCUT2D eigenvalue weighted by molar-refractivity contribution is 9.10. The molecule has 0 heterocycles. The Morgan fingerprint density at radius 2 is 2.13 bits per heavy atom. The average Bonchev–Trinajstić information content (AvgIpc) is 2.21. The number of carboxylic acid groups (broad SMARTS) is 1. The molecule has 0 aliphatic heterocycles. The van der Waals surface area contributed by atoms with E-state index in [0.29, 0.717) is 0 Å². The number of hydrogen-bond donors (Lipinski definition) is 3. The Kier molecular flexibility index (Phi) is 3.54. The Bertz CT molecular complexity index is 390. The van der Waals surface area contributed by atoms with Crippen molar-refractivity contribution in [2.24, 2.45) is 0 Å². The molecule has 6 heteroatoms. The summed E-state index contributed by atoms with van der Waals surface area (Å²) in [5.74, 6) is -1.43. The van der Waals surface area contributed by atoms with Crippen molar-refractivity contribution >= 4 is 21.9 Å². The molecule has 3 N–H and O–H groups in total. The summed E-state index contributed by atoms with van der Waals surface area (Å²) < 4.78 is 4.92. The highest BCUT2D eigenvalue weighted by atomic mass is 79.9. The molecule has 0 bridgehead atoms. The third-order valence-corrected chi connectivity index (χ3v) is 2.69. The van der Waals surface area contributed by atoms with Crippen molar-refractivity contribution in [1.29, 1.82) is 0 Å². The first-order valence-electron chi connectivity index (χ1n) is 3.95. The van der Waals surface area contributed by atoms with Gasteiger partial charge in [0.2, 0.25) is 0 Å². The van der Waals surface area contributed by atoms with Gasteiger partial charge in [0, 0.05) is 5.56 Å². The molecule has 5 nitrogen and oxygen atoms in total. The number of carboxylic acids is 1. The van der Waals surface area contributed by atoms with Gasteiger partial charge in [-0.25, -0.2) is 4.79 Å². The molecule has 0 amide bonds. The normalized spacial score (nSPS) is 12.2. The third kappa shape index (κ3) is 2.21. The molecule has 1 aromatic rings. The lowest BCUT2D eigenvalue weighted by molar-refractivity contribution is -0.147. The number of aromatic hydroxyl groups is 1. The number of benzene rings is 1. The molecule has 1 rings (SSSR count). The highest BCUT2D eigenvalue weighted by Gasteiger charge is 2.22. The van der Waals surface area contributed by atoms with Crippen LogP contribution < -0.4 is 4.74 Å². The lowest BCUT2D eigenvalue weighted by Gasteiger charge is -2.11. The molecule has 0 fully saturated rings. The molecular formula is C9H9BrO5. The van der Waals surface area contributed by atoms with Crippen molar-refractivity contribution in [2.75, 3.05) is 7.11 Å². The van der Waals surface area contributed by atoms with Crippen LogP contribution in [-0.4, -0.2) is 28.4 Å². The van der Waals surface area contributed by atoms with Crippen LogP contribution in [0.5, 0.6) is 11.5 Å². The van der Waals surface area contributed by atoms with E-state index in [1.54, 1.807) is 0 Å². The van der Waals surface area contributed by atoms with Crippen LogP contribution in [0.3, 0.4) is 0 Å². The lowest BCUT2D eigenvalue weighted by atomic mass is 10.1. The lowest BCUT2D eigenvalue weighted by Crippen LogP contribution is -2.11. The summed E-state index contributed by atoms with van der Waals surface area (Å²) in [6.45, 7) is 0. The van der Waals surface area contributed by atoms with Crippen LogP contribution in [0.4, 0.5) is 0 Å². The minimum Gasteiger partial charge on any atom is -0.503 e. The standard InChI is InChI=1S/C9H9BrO5/c1-15-5-3-2-4(6(10)8(5)12)7(11)9(13)14/h2-3,7,11-12H,1H3,(H,13,14). The fourth-order valence-corrected chi connectivity index (χ4v) is 1.62. The number of carbonyl (C=O) groups is 1. The highest BCUT2D eigenvalue weighted by Crippen LogP contribution is 2.38. The number of hydrogen-bond acceptors (Lipinski definition) is 4. The summed E-state index contributed by atoms with van der Waals surface area (Å²) in [6.07, 6.45) is -1.68. The zero-order valence-corrected chi connectivity index (χ0v) is 9.35. The number of aliphatic hydroxyl groups excluding tert-OH is 1. The molecule has 82 valence electrons. The van der Waals surface area contributed by atoms with Gasteiger partial charge < -0.3 is 20.1 Å². The zero-order chi connectivity index (χ0) is 11.6. The van der Waals surface area contributed by atoms with Gasteiger partial charge in [0.15, 0.2) is 17.6 Å². The van der Waals surface area contributed by atoms with Crippen molar-refractivity contribution < 1.29 is 24.9 Å². The van der Waals surface area contributed by atoms with Gasteiger partial charge in [-0.3, -0.25) is 0 Å². The Labute approximate surface area is 94.1 Å². The molecule has 0 aromatic heterocycles. The number of ether oxygens (including phenoxy) is 1. The summed E-state index contributed by atoms with van der Waals surface area (Å²) in [4.78, 5) is 10.5. The van der Waals surface area contributed by atoms with Gasteiger partial charge in [-0.15, -0.1) is 0 Å². The van der Waals surface area contributed by atoms with Crippen LogP contribution in [0.1, 0.15) is 11.7 Å². The largest absolute Gasteiger partial charge is 0.503 e. The molecule has 1 unspecified atom stereocenters. The van der Waals surface area contributed by atoms with Crippen molar-refractivity contribution in [1.82, 2.24) is 0 Å². The van der Waals surface area contributed by atoms with Crippen LogP contribution in [0.25, 0.3) is 0 Å². The maximum absolute atomic E-state index is 10.5. The maximum Gasteiger partial charge on any atom is 0.337 e. The minimum atomic E-state index is -1.68. The Morgan fingerprint density at radius 3 is 2.60 bits per heavy atom. The number of aliphatic hydroxyl groups is 1. The van der Waals surface area contributed by atoms with E-state index in [4.69, 9.17) is 9.84 Å². The first-order valence-corrected chi connectivity index (χ1v) is 4.74. The van der Waals surface area contributed by atoms with E-state index >= 15 is 0 Å². The summed E-state index contributed by atoms with van der Waals surface area (Å²) in [7, 11) is 1.37. The first kappa shape index (κ1) is 11.8. The van der Waals surface area contributed by atoms with Crippen molar-refractivity contribution in [3.63, 3.8) is 0 Å². The number of rotatable bonds is 3. The summed E-state index contributed by atoms with van der Waals surface area (Å²) in [6, 6.07) is 2.74. The molecule has 0 spiro atoms. The van der Waals surface area contributed by atoms with Crippen LogP contribution in [0, 0.1) is 0 Å². The van der Waals surface area contributed by atoms with Gasteiger partial charge in [0.1, 0.15) is 0 Å². The molecule has 15 heavy (non-hydrogen) atoms. The molecule has 0 aliphatic rings. The fraction of sp³-hybridized carbons (Fsp3) is 0.222. The summed E-state index contributed by atoms with van der Waals surface area (Å²) >= 11 is 2.99. The van der Waals surface area contributed by atoms with E-state index in [0.717, 1.165) is 0 Å². The van der Waals surface area contributed by atoms with Crippen LogP contribution in [-0.2, 0) is 4.79 Å². The molecular weight excluding hydrogens is 268 g/mol. The Balaban J connectivity index is 3.23. The monoisotopic (exact) mass is 276 g/mol. The van der Waals surface area contributed by atoms with Gasteiger partial charge in [-0.2, -0.15) is 0 Å². The maximum atomic E-state index is 10.5. The van der Waals surface area contributed by atoms with E-state index < -0.39 is 12.1 Å². The molecule has 0 saturated carbocycles. The summed E-state index contributed by atoms with van der Waals surface area (Å²) in [5, 5.41) is 27.4. The number of aliphatic carboxylic acids is 1. The second kappa shape index (κ2) is 4.50. The molecule has 0 saturated heterocycles. The van der Waals surface area contributed by atoms with Crippen molar-refractivity contribution in [3.8, 4) is 11.5 Å². The van der Waals surface area contributed by atoms with Crippen LogP contribution >= 0.6 is 15.9 Å². The SMILES string of the molecule is COc1ccc(C(O)C(=O)O)c(Br)c1O. The van der Waals surface area contributed by atoms with E-state index in [1.807, 2.05) is 0 Å². The smallest absolute Gasteiger partial charge is 0.337 e. The van der Waals surface area contributed by atoms with Gasteiger partial charge >= 0.3 is 5.97 Å². The van der Waals surface area contributed by atoms with Gasteiger partial charge in [0.05, 0.1) is 11.6 Å². The Morgan fingerprint density at radius 1 is 1.53 bits per heavy atom. The molecule has 1 aromatic carbocycles. The first-order chi connectivity index (χ1) is 6.99. The predicted octanol–water partition coefficient (Wildman–Crippen LogP) is 1.28. The van der Waals surface area contributed by atoms with E-state index in [9.17, 15) is 15.0 Å². The number of methoxy groups -OCH3 is 1. The minimum absolute atomic E-state index is 0.0702. The number of phenolic OH excluding ortho intramolecular Hbond substituents is 1. The second-order valence-electron chi connectivity index (χ2n) is 2.76. The van der Waals surface area contributed by atoms with Gasteiger partial charge in [-0.05, 0) is 22.0 Å². The molecule has 0 aliphatic carbocycles. The zero-order valence-electron chi connectivity index (χ0n) is 7.77. The number of halogens is 1. The second-order valence-corrected chi connectivity index (χ2v) is 3.55. The third-order valence-electron chi connectivity index (χ3n) is 1.86. The van der Waals surface area contributed by atoms with Crippen LogP contribution in [0.15, 0.2) is 16.6 Å². The van der Waals surface area contributed by atoms with E-state index in [-0.39, 0.29) is 21.5 Å². The van der Waals surface area contributed by atoms with Gasteiger partial charge in [0.25, 0.3) is 0 Å². The van der Waals surface area contributed by atoms with E-state index in [2.05, 4.69) is 15.9 Å². The molecule has 1 atom stereocenters. The van der Waals surface area contributed by atoms with Gasteiger partial charge in [-0.1, -0.05) is 6.07 Å². The summed E-state index contributed by atoms with van der Waals surface area (Å²) in [5.41, 5.74) is 0.0702. The fourth-order valence-electron chi connectivity index (χ4n) is 1.07. The Hall–Kier alpha value is -1.27. The van der Waals surface area contributed by atoms with Crippen molar-refractivity contribution in [3.05, 3.63) is 22.2 Å². The van der Waals surface area contributed by atoms with E-state index in [1.165, 1.54) is 19.2 Å². The number of phenols is 1.